The molecule has 5 nitrogen and oxygen atoms in total. The van der Waals surface area contributed by atoms with Crippen molar-refractivity contribution in [1.82, 2.24) is 20.2 Å². The molecule has 0 fully saturated rings. The number of urea groups is 1. The predicted molar refractivity (Wildman–Crippen MR) is 78.0 cm³/mol. The highest BCUT2D eigenvalue weighted by atomic mass is 19.1. The van der Waals surface area contributed by atoms with E-state index in [9.17, 15) is 13.6 Å². The summed E-state index contributed by atoms with van der Waals surface area (Å²) in [6.45, 7) is 2.03. The lowest BCUT2D eigenvalue weighted by atomic mass is 10.0. The Morgan fingerprint density at radius 3 is 2.82 bits per heavy atom. The largest absolute Gasteiger partial charge is 0.337 e. The number of hydrogen-bond acceptors (Lipinski definition) is 2. The molecule has 0 spiro atoms. The number of amides is 2. The van der Waals surface area contributed by atoms with Gasteiger partial charge in [0.15, 0.2) is 0 Å². The first-order chi connectivity index (χ1) is 10.5. The molecule has 0 saturated carbocycles. The van der Waals surface area contributed by atoms with E-state index in [1.807, 2.05) is 7.05 Å². The Morgan fingerprint density at radius 1 is 1.41 bits per heavy atom. The van der Waals surface area contributed by atoms with Crippen LogP contribution in [0.5, 0.6) is 0 Å². The summed E-state index contributed by atoms with van der Waals surface area (Å²) in [5, 5.41) is 5.28. The molecule has 2 N–H and O–H groups in total. The SMILES string of the molecule is CC[C@H](NC(=O)NCc1nccn1C)c1cc(F)ccc1F. The fourth-order valence-electron chi connectivity index (χ4n) is 2.12. The number of halogens is 2. The van der Waals surface area contributed by atoms with Gasteiger partial charge >= 0.3 is 6.03 Å². The van der Waals surface area contributed by atoms with E-state index in [2.05, 4.69) is 15.6 Å². The van der Waals surface area contributed by atoms with Gasteiger partial charge in [0.05, 0.1) is 12.6 Å². The van der Waals surface area contributed by atoms with Gasteiger partial charge in [-0.15, -0.1) is 0 Å². The molecule has 22 heavy (non-hydrogen) atoms. The summed E-state index contributed by atoms with van der Waals surface area (Å²) in [7, 11) is 1.82. The van der Waals surface area contributed by atoms with Gasteiger partial charge < -0.3 is 15.2 Å². The van der Waals surface area contributed by atoms with Crippen LogP contribution in [0, 0.1) is 11.6 Å². The smallest absolute Gasteiger partial charge is 0.315 e. The third-order valence-electron chi connectivity index (χ3n) is 3.38. The van der Waals surface area contributed by atoms with Crippen molar-refractivity contribution in [2.24, 2.45) is 7.05 Å². The number of aryl methyl sites for hydroxylation is 1. The maximum atomic E-state index is 13.8. The van der Waals surface area contributed by atoms with E-state index in [0.29, 0.717) is 12.2 Å². The van der Waals surface area contributed by atoms with Crippen LogP contribution in [-0.2, 0) is 13.6 Å². The molecule has 2 amide bonds. The van der Waals surface area contributed by atoms with Crippen molar-refractivity contribution in [2.45, 2.75) is 25.9 Å². The van der Waals surface area contributed by atoms with Gasteiger partial charge in [0.1, 0.15) is 17.5 Å². The van der Waals surface area contributed by atoms with Crippen LogP contribution in [0.2, 0.25) is 0 Å². The summed E-state index contributed by atoms with van der Waals surface area (Å²) >= 11 is 0. The number of benzene rings is 1. The zero-order valence-electron chi connectivity index (χ0n) is 12.4. The normalized spacial score (nSPS) is 12.0. The Bertz CT molecular complexity index is 657. The van der Waals surface area contributed by atoms with Gasteiger partial charge in [-0.05, 0) is 24.6 Å². The molecule has 0 unspecified atom stereocenters. The summed E-state index contributed by atoms with van der Waals surface area (Å²) in [5.41, 5.74) is 0.134. The molecule has 0 saturated heterocycles. The van der Waals surface area contributed by atoms with Crippen molar-refractivity contribution in [1.29, 1.82) is 0 Å². The summed E-state index contributed by atoms with van der Waals surface area (Å²) in [5.74, 6) is -0.386. The number of imidazole rings is 1. The van der Waals surface area contributed by atoms with Crippen molar-refractivity contribution in [2.75, 3.05) is 0 Å². The van der Waals surface area contributed by atoms with Crippen LogP contribution in [0.4, 0.5) is 13.6 Å². The first kappa shape index (κ1) is 15.9. The monoisotopic (exact) mass is 308 g/mol. The summed E-state index contributed by atoms with van der Waals surface area (Å²) in [4.78, 5) is 16.0. The van der Waals surface area contributed by atoms with Crippen LogP contribution < -0.4 is 10.6 Å². The maximum Gasteiger partial charge on any atom is 0.315 e. The average molecular weight is 308 g/mol. The molecular weight excluding hydrogens is 290 g/mol. The van der Waals surface area contributed by atoms with Gasteiger partial charge in [0.25, 0.3) is 0 Å². The molecule has 0 aliphatic rings. The van der Waals surface area contributed by atoms with Gasteiger partial charge in [0.2, 0.25) is 0 Å². The third-order valence-corrected chi connectivity index (χ3v) is 3.38. The molecule has 0 radical (unpaired) electrons. The second-order valence-electron chi connectivity index (χ2n) is 4.91. The summed E-state index contributed by atoms with van der Waals surface area (Å²) in [6.07, 6.45) is 3.84. The molecular formula is C15H18F2N4O. The number of carbonyl (C=O) groups is 1. The molecule has 1 atom stereocenters. The molecule has 2 aromatic rings. The van der Waals surface area contributed by atoms with Crippen molar-refractivity contribution in [3.05, 3.63) is 53.6 Å². The van der Waals surface area contributed by atoms with Gasteiger partial charge in [-0.25, -0.2) is 18.6 Å². The Morgan fingerprint density at radius 2 is 2.18 bits per heavy atom. The molecule has 1 heterocycles. The highest BCUT2D eigenvalue weighted by Crippen LogP contribution is 2.21. The Kier molecular flexibility index (Phi) is 5.08. The summed E-state index contributed by atoms with van der Waals surface area (Å²) < 4.78 is 28.8. The minimum absolute atomic E-state index is 0.134. The van der Waals surface area contributed by atoms with Crippen molar-refractivity contribution < 1.29 is 13.6 Å². The maximum absolute atomic E-state index is 13.8. The van der Waals surface area contributed by atoms with E-state index in [4.69, 9.17) is 0 Å². The van der Waals surface area contributed by atoms with E-state index >= 15 is 0 Å². The molecule has 7 heteroatoms. The minimum Gasteiger partial charge on any atom is -0.337 e. The van der Waals surface area contributed by atoms with E-state index in [1.54, 1.807) is 23.9 Å². The molecule has 1 aromatic carbocycles. The van der Waals surface area contributed by atoms with E-state index in [-0.39, 0.29) is 12.1 Å². The molecule has 0 bridgehead atoms. The van der Waals surface area contributed by atoms with Crippen LogP contribution in [0.3, 0.4) is 0 Å². The van der Waals surface area contributed by atoms with Crippen molar-refractivity contribution in [3.63, 3.8) is 0 Å². The van der Waals surface area contributed by atoms with Gasteiger partial charge in [0, 0.05) is 25.0 Å². The number of carbonyl (C=O) groups excluding carboxylic acids is 1. The van der Waals surface area contributed by atoms with Crippen molar-refractivity contribution in [3.8, 4) is 0 Å². The first-order valence-electron chi connectivity index (χ1n) is 6.96. The highest BCUT2D eigenvalue weighted by Gasteiger charge is 2.17. The lowest BCUT2D eigenvalue weighted by Crippen LogP contribution is -2.38. The van der Waals surface area contributed by atoms with Crippen molar-refractivity contribution >= 4 is 6.03 Å². The molecule has 0 aliphatic heterocycles. The van der Waals surface area contributed by atoms with Crippen LogP contribution in [0.25, 0.3) is 0 Å². The van der Waals surface area contributed by atoms with Gasteiger partial charge in [-0.3, -0.25) is 0 Å². The van der Waals surface area contributed by atoms with Crippen LogP contribution in [-0.4, -0.2) is 15.6 Å². The fraction of sp³-hybridized carbons (Fsp3) is 0.333. The topological polar surface area (TPSA) is 59.0 Å². The van der Waals surface area contributed by atoms with E-state index in [1.165, 1.54) is 0 Å². The van der Waals surface area contributed by atoms with Crippen LogP contribution in [0.15, 0.2) is 30.6 Å². The van der Waals surface area contributed by atoms with Gasteiger partial charge in [-0.1, -0.05) is 6.92 Å². The lowest BCUT2D eigenvalue weighted by molar-refractivity contribution is 0.235. The zero-order valence-corrected chi connectivity index (χ0v) is 12.4. The van der Waals surface area contributed by atoms with Crippen LogP contribution in [0.1, 0.15) is 30.8 Å². The summed E-state index contributed by atoms with van der Waals surface area (Å²) in [6, 6.07) is 2.14. The minimum atomic E-state index is -0.600. The number of rotatable bonds is 5. The molecule has 118 valence electrons. The van der Waals surface area contributed by atoms with Crippen LogP contribution >= 0.6 is 0 Å². The predicted octanol–water partition coefficient (Wildman–Crippen LogP) is 2.65. The van der Waals surface area contributed by atoms with Gasteiger partial charge in [-0.2, -0.15) is 0 Å². The first-order valence-corrected chi connectivity index (χ1v) is 6.96. The van der Waals surface area contributed by atoms with E-state index < -0.39 is 23.7 Å². The standard InChI is InChI=1S/C15H18F2N4O/c1-3-13(11-8-10(16)4-5-12(11)17)20-15(22)19-9-14-18-6-7-21(14)2/h4-8,13H,3,9H2,1-2H3,(H2,19,20,22)/t13-/m0/s1. The number of aromatic nitrogens is 2. The quantitative estimate of drug-likeness (QED) is 0.892. The fourth-order valence-corrected chi connectivity index (χ4v) is 2.12. The molecule has 1 aromatic heterocycles. The Labute approximate surface area is 127 Å². The number of nitrogens with one attached hydrogen (secondary N) is 2. The number of nitrogens with zero attached hydrogens (tertiary/aromatic N) is 2. The second-order valence-corrected chi connectivity index (χ2v) is 4.91. The zero-order chi connectivity index (χ0) is 16.1. The Hall–Kier alpha value is -2.44. The third kappa shape index (κ3) is 3.81. The molecule has 2 rings (SSSR count). The Balaban J connectivity index is 1.99. The lowest BCUT2D eigenvalue weighted by Gasteiger charge is -2.18. The average Bonchev–Trinajstić information content (AvgIpc) is 2.90. The second kappa shape index (κ2) is 7.02. The van der Waals surface area contributed by atoms with E-state index in [0.717, 1.165) is 18.2 Å². The highest BCUT2D eigenvalue weighted by molar-refractivity contribution is 5.74. The molecule has 0 aliphatic carbocycles. The number of hydrogen-bond donors (Lipinski definition) is 2.